The molecule has 1 saturated heterocycles. The summed E-state index contributed by atoms with van der Waals surface area (Å²) in [6.45, 7) is 4.25. The molecule has 0 aliphatic carbocycles. The molecular weight excluding hydrogens is 336 g/mol. The summed E-state index contributed by atoms with van der Waals surface area (Å²) in [5.74, 6) is -0.0866. The van der Waals surface area contributed by atoms with Crippen molar-refractivity contribution in [3.63, 3.8) is 0 Å². The average molecular weight is 358 g/mol. The zero-order valence-electron chi connectivity index (χ0n) is 14.5. The van der Waals surface area contributed by atoms with Gasteiger partial charge >= 0.3 is 0 Å². The number of nitrogens with zero attached hydrogens (tertiary/aromatic N) is 1. The van der Waals surface area contributed by atoms with Gasteiger partial charge in [-0.1, -0.05) is 24.3 Å². The molecule has 2 aromatic rings. The number of anilines is 2. The molecule has 0 spiro atoms. The summed E-state index contributed by atoms with van der Waals surface area (Å²) < 4.78 is 26.2. The zero-order valence-corrected chi connectivity index (χ0v) is 15.3. The minimum Gasteiger partial charge on any atom is -0.322 e. The Labute approximate surface area is 148 Å². The Hall–Kier alpha value is -2.34. The monoisotopic (exact) mass is 358 g/mol. The number of benzene rings is 2. The topological polar surface area (TPSA) is 66.5 Å². The van der Waals surface area contributed by atoms with Gasteiger partial charge in [0.15, 0.2) is 0 Å². The number of nitrogens with one attached hydrogen (secondary N) is 1. The number of hydrogen-bond acceptors (Lipinski definition) is 3. The van der Waals surface area contributed by atoms with Gasteiger partial charge in [0.1, 0.15) is 0 Å². The van der Waals surface area contributed by atoms with Crippen molar-refractivity contribution in [2.24, 2.45) is 0 Å². The van der Waals surface area contributed by atoms with Crippen LogP contribution in [-0.4, -0.2) is 26.6 Å². The van der Waals surface area contributed by atoms with Crippen LogP contribution in [-0.2, 0) is 10.0 Å². The van der Waals surface area contributed by atoms with E-state index >= 15 is 0 Å². The summed E-state index contributed by atoms with van der Waals surface area (Å²) in [7, 11) is -3.31. The molecule has 25 heavy (non-hydrogen) atoms. The van der Waals surface area contributed by atoms with E-state index in [4.69, 9.17) is 0 Å². The number of amides is 1. The molecule has 0 unspecified atom stereocenters. The first kappa shape index (κ1) is 17.5. The van der Waals surface area contributed by atoms with Crippen molar-refractivity contribution in [3.05, 3.63) is 59.2 Å². The number of rotatable bonds is 3. The highest BCUT2D eigenvalue weighted by molar-refractivity contribution is 7.92. The second kappa shape index (κ2) is 6.88. The van der Waals surface area contributed by atoms with Crippen molar-refractivity contribution in [2.45, 2.75) is 26.7 Å². The van der Waals surface area contributed by atoms with Gasteiger partial charge in [-0.2, -0.15) is 0 Å². The third kappa shape index (κ3) is 3.69. The quantitative estimate of drug-likeness (QED) is 0.913. The number of carbonyl (C=O) groups excluding carboxylic acids is 1. The standard InChI is InChI=1S/C19H22N2O3S/c1-14-7-3-4-8-17(14)20-19(22)16-10-9-15(2)18(13-16)21-11-5-6-12-25(21,23)24/h3-4,7-10,13H,5-6,11-12H2,1-2H3,(H,20,22). The normalized spacial score (nSPS) is 16.5. The molecule has 2 aromatic carbocycles. The molecule has 5 nitrogen and oxygen atoms in total. The van der Waals surface area contributed by atoms with E-state index in [9.17, 15) is 13.2 Å². The van der Waals surface area contributed by atoms with Gasteiger partial charge in [0.05, 0.1) is 11.4 Å². The van der Waals surface area contributed by atoms with Crippen LogP contribution >= 0.6 is 0 Å². The molecule has 1 amide bonds. The zero-order chi connectivity index (χ0) is 18.0. The summed E-state index contributed by atoms with van der Waals surface area (Å²) in [6, 6.07) is 12.7. The van der Waals surface area contributed by atoms with E-state index in [1.165, 1.54) is 4.31 Å². The molecule has 1 N–H and O–H groups in total. The van der Waals surface area contributed by atoms with Gasteiger partial charge in [0, 0.05) is 17.8 Å². The summed E-state index contributed by atoms with van der Waals surface area (Å²) in [5.41, 5.74) is 3.61. The Kier molecular flexibility index (Phi) is 4.81. The average Bonchev–Trinajstić information content (AvgIpc) is 2.57. The Morgan fingerprint density at radius 1 is 1.04 bits per heavy atom. The molecule has 1 aliphatic rings. The lowest BCUT2D eigenvalue weighted by molar-refractivity contribution is 0.102. The fourth-order valence-corrected chi connectivity index (χ4v) is 4.68. The predicted octanol–water partition coefficient (Wildman–Crippen LogP) is 3.49. The molecule has 1 fully saturated rings. The molecule has 0 saturated carbocycles. The number of aryl methyl sites for hydroxylation is 2. The van der Waals surface area contributed by atoms with Crippen LogP contribution < -0.4 is 9.62 Å². The lowest BCUT2D eigenvalue weighted by Gasteiger charge is -2.29. The summed E-state index contributed by atoms with van der Waals surface area (Å²) in [6.07, 6.45) is 1.52. The van der Waals surface area contributed by atoms with Gasteiger partial charge in [0.25, 0.3) is 5.91 Å². The largest absolute Gasteiger partial charge is 0.322 e. The van der Waals surface area contributed by atoms with Crippen LogP contribution in [0.5, 0.6) is 0 Å². The molecular formula is C19H22N2O3S. The second-order valence-corrected chi connectivity index (χ2v) is 8.38. The van der Waals surface area contributed by atoms with E-state index in [0.29, 0.717) is 24.2 Å². The molecule has 1 heterocycles. The lowest BCUT2D eigenvalue weighted by atomic mass is 10.1. The number of sulfonamides is 1. The fraction of sp³-hybridized carbons (Fsp3) is 0.316. The molecule has 0 radical (unpaired) electrons. The molecule has 132 valence electrons. The van der Waals surface area contributed by atoms with E-state index in [1.54, 1.807) is 18.2 Å². The van der Waals surface area contributed by atoms with E-state index in [2.05, 4.69) is 5.32 Å². The van der Waals surface area contributed by atoms with E-state index in [1.807, 2.05) is 38.1 Å². The highest BCUT2D eigenvalue weighted by atomic mass is 32.2. The number of hydrogen-bond donors (Lipinski definition) is 1. The van der Waals surface area contributed by atoms with Crippen molar-refractivity contribution >= 4 is 27.3 Å². The highest BCUT2D eigenvalue weighted by Gasteiger charge is 2.27. The van der Waals surface area contributed by atoms with Crippen LogP contribution in [0, 0.1) is 13.8 Å². The Balaban J connectivity index is 1.91. The Morgan fingerprint density at radius 2 is 1.80 bits per heavy atom. The van der Waals surface area contributed by atoms with Crippen LogP contribution in [0.3, 0.4) is 0 Å². The molecule has 0 aromatic heterocycles. The summed E-state index contributed by atoms with van der Waals surface area (Å²) >= 11 is 0. The first-order chi connectivity index (χ1) is 11.9. The van der Waals surface area contributed by atoms with Gasteiger partial charge in [-0.05, 0) is 56.0 Å². The minimum absolute atomic E-state index is 0.159. The Morgan fingerprint density at radius 3 is 2.52 bits per heavy atom. The third-order valence-electron chi connectivity index (χ3n) is 4.48. The van der Waals surface area contributed by atoms with Crippen molar-refractivity contribution < 1.29 is 13.2 Å². The van der Waals surface area contributed by atoms with E-state index in [0.717, 1.165) is 23.2 Å². The maximum atomic E-state index is 12.6. The Bertz CT molecular complexity index is 907. The van der Waals surface area contributed by atoms with Crippen LogP contribution in [0.1, 0.15) is 34.3 Å². The molecule has 0 bridgehead atoms. The molecule has 1 aliphatic heterocycles. The van der Waals surface area contributed by atoms with Gasteiger partial charge in [-0.3, -0.25) is 9.10 Å². The third-order valence-corrected chi connectivity index (χ3v) is 6.34. The van der Waals surface area contributed by atoms with E-state index in [-0.39, 0.29) is 11.7 Å². The minimum atomic E-state index is -3.31. The predicted molar refractivity (Wildman–Crippen MR) is 101 cm³/mol. The van der Waals surface area contributed by atoms with Crippen molar-refractivity contribution in [3.8, 4) is 0 Å². The summed E-state index contributed by atoms with van der Waals surface area (Å²) in [4.78, 5) is 12.6. The number of carbonyl (C=O) groups is 1. The molecule has 6 heteroatoms. The maximum absolute atomic E-state index is 12.6. The van der Waals surface area contributed by atoms with Crippen LogP contribution in [0.2, 0.25) is 0 Å². The van der Waals surface area contributed by atoms with Gasteiger partial charge in [0.2, 0.25) is 10.0 Å². The van der Waals surface area contributed by atoms with Gasteiger partial charge in [-0.25, -0.2) is 8.42 Å². The van der Waals surface area contributed by atoms with Crippen molar-refractivity contribution in [1.82, 2.24) is 0 Å². The first-order valence-corrected chi connectivity index (χ1v) is 9.97. The number of para-hydroxylation sites is 1. The van der Waals surface area contributed by atoms with Crippen LogP contribution in [0.15, 0.2) is 42.5 Å². The highest BCUT2D eigenvalue weighted by Crippen LogP contribution is 2.28. The van der Waals surface area contributed by atoms with E-state index < -0.39 is 10.0 Å². The fourth-order valence-electron chi connectivity index (χ4n) is 2.99. The second-order valence-electron chi connectivity index (χ2n) is 6.37. The van der Waals surface area contributed by atoms with Gasteiger partial charge in [-0.15, -0.1) is 0 Å². The first-order valence-electron chi connectivity index (χ1n) is 8.36. The van der Waals surface area contributed by atoms with Crippen LogP contribution in [0.25, 0.3) is 0 Å². The van der Waals surface area contributed by atoms with Crippen molar-refractivity contribution in [2.75, 3.05) is 21.9 Å². The summed E-state index contributed by atoms with van der Waals surface area (Å²) in [5, 5.41) is 2.89. The molecule has 3 rings (SSSR count). The lowest BCUT2D eigenvalue weighted by Crippen LogP contribution is -2.38. The smallest absolute Gasteiger partial charge is 0.255 e. The SMILES string of the molecule is Cc1ccccc1NC(=O)c1ccc(C)c(N2CCCCS2(=O)=O)c1. The van der Waals surface area contributed by atoms with Crippen molar-refractivity contribution in [1.29, 1.82) is 0 Å². The molecule has 0 atom stereocenters. The maximum Gasteiger partial charge on any atom is 0.255 e. The van der Waals surface area contributed by atoms with Crippen LogP contribution in [0.4, 0.5) is 11.4 Å². The van der Waals surface area contributed by atoms with Gasteiger partial charge < -0.3 is 5.32 Å².